The Hall–Kier alpha value is -1.78. The lowest BCUT2D eigenvalue weighted by Gasteiger charge is -2.22. The van der Waals surface area contributed by atoms with Crippen molar-refractivity contribution < 1.29 is 8.78 Å². The molecule has 2 aromatic heterocycles. The SMILES string of the molecule is Cc1cc(C2=CCC(F)(F)CC2)n2nc(C3CCCC3)cc2n1. The van der Waals surface area contributed by atoms with Crippen molar-refractivity contribution in [1.29, 1.82) is 0 Å². The Kier molecular flexibility index (Phi) is 3.47. The van der Waals surface area contributed by atoms with Gasteiger partial charge in [0.15, 0.2) is 5.65 Å². The fourth-order valence-corrected chi connectivity index (χ4v) is 3.79. The number of hydrogen-bond donors (Lipinski definition) is 0. The first-order valence-electron chi connectivity index (χ1n) is 8.46. The van der Waals surface area contributed by atoms with Crippen molar-refractivity contribution in [3.05, 3.63) is 35.3 Å². The summed E-state index contributed by atoms with van der Waals surface area (Å²) < 4.78 is 28.7. The first kappa shape index (κ1) is 14.8. The van der Waals surface area contributed by atoms with Crippen LogP contribution in [0.25, 0.3) is 11.2 Å². The second-order valence-corrected chi connectivity index (χ2v) is 6.89. The number of allylic oxidation sites excluding steroid dienone is 2. The minimum Gasteiger partial charge on any atom is -0.234 e. The van der Waals surface area contributed by atoms with Crippen LogP contribution >= 0.6 is 0 Å². The zero-order valence-electron chi connectivity index (χ0n) is 13.4. The van der Waals surface area contributed by atoms with Crippen LogP contribution in [0.4, 0.5) is 8.78 Å². The molecule has 2 aromatic rings. The van der Waals surface area contributed by atoms with Crippen molar-refractivity contribution in [3.63, 3.8) is 0 Å². The van der Waals surface area contributed by atoms with Gasteiger partial charge in [-0.25, -0.2) is 18.3 Å². The lowest BCUT2D eigenvalue weighted by molar-refractivity contribution is -0.00607. The molecule has 4 rings (SSSR count). The molecule has 3 nitrogen and oxygen atoms in total. The molecule has 0 radical (unpaired) electrons. The Balaban J connectivity index is 1.78. The van der Waals surface area contributed by atoms with Gasteiger partial charge in [-0.1, -0.05) is 18.9 Å². The van der Waals surface area contributed by atoms with Crippen molar-refractivity contribution in [1.82, 2.24) is 14.6 Å². The number of aromatic nitrogens is 3. The minimum atomic E-state index is -2.57. The van der Waals surface area contributed by atoms with Gasteiger partial charge in [0.25, 0.3) is 5.92 Å². The second kappa shape index (κ2) is 5.39. The van der Waals surface area contributed by atoms with E-state index in [2.05, 4.69) is 11.1 Å². The van der Waals surface area contributed by atoms with E-state index in [1.165, 1.54) is 25.7 Å². The summed E-state index contributed by atoms with van der Waals surface area (Å²) in [5.41, 5.74) is 4.73. The van der Waals surface area contributed by atoms with Gasteiger partial charge in [-0.2, -0.15) is 5.10 Å². The molecule has 0 saturated heterocycles. The van der Waals surface area contributed by atoms with Crippen LogP contribution < -0.4 is 0 Å². The largest absolute Gasteiger partial charge is 0.251 e. The third kappa shape index (κ3) is 2.77. The first-order valence-corrected chi connectivity index (χ1v) is 8.46. The Morgan fingerprint density at radius 1 is 1.22 bits per heavy atom. The van der Waals surface area contributed by atoms with Crippen LogP contribution in [0.2, 0.25) is 0 Å². The van der Waals surface area contributed by atoms with Gasteiger partial charge in [0.1, 0.15) is 0 Å². The van der Waals surface area contributed by atoms with Gasteiger partial charge in [-0.15, -0.1) is 0 Å². The van der Waals surface area contributed by atoms with Gasteiger partial charge in [0, 0.05) is 30.5 Å². The molecule has 1 saturated carbocycles. The molecule has 0 aromatic carbocycles. The molecule has 2 aliphatic carbocycles. The molecule has 2 aliphatic rings. The van der Waals surface area contributed by atoms with Crippen LogP contribution in [-0.2, 0) is 0 Å². The predicted molar refractivity (Wildman–Crippen MR) is 85.7 cm³/mol. The maximum Gasteiger partial charge on any atom is 0.251 e. The van der Waals surface area contributed by atoms with E-state index in [1.54, 1.807) is 6.08 Å². The first-order chi connectivity index (χ1) is 11.0. The van der Waals surface area contributed by atoms with Gasteiger partial charge in [-0.3, -0.25) is 0 Å². The molecule has 1 fully saturated rings. The van der Waals surface area contributed by atoms with E-state index in [9.17, 15) is 8.78 Å². The third-order valence-electron chi connectivity index (χ3n) is 5.08. The predicted octanol–water partition coefficient (Wildman–Crippen LogP) is 4.90. The van der Waals surface area contributed by atoms with Crippen molar-refractivity contribution >= 4 is 11.2 Å². The van der Waals surface area contributed by atoms with Crippen LogP contribution in [0.1, 0.15) is 67.9 Å². The highest BCUT2D eigenvalue weighted by Crippen LogP contribution is 2.37. The van der Waals surface area contributed by atoms with Crippen LogP contribution in [0.3, 0.4) is 0 Å². The van der Waals surface area contributed by atoms with E-state index >= 15 is 0 Å². The van der Waals surface area contributed by atoms with Gasteiger partial charge in [0.05, 0.1) is 11.4 Å². The third-order valence-corrected chi connectivity index (χ3v) is 5.08. The highest BCUT2D eigenvalue weighted by atomic mass is 19.3. The normalized spacial score (nSPS) is 21.8. The summed E-state index contributed by atoms with van der Waals surface area (Å²) in [4.78, 5) is 4.58. The number of rotatable bonds is 2. The Bertz CT molecular complexity index is 770. The lowest BCUT2D eigenvalue weighted by Crippen LogP contribution is -2.19. The van der Waals surface area contributed by atoms with Gasteiger partial charge in [0.2, 0.25) is 0 Å². The van der Waals surface area contributed by atoms with Crippen molar-refractivity contribution in [2.24, 2.45) is 0 Å². The Labute approximate surface area is 134 Å². The van der Waals surface area contributed by atoms with Crippen molar-refractivity contribution in [3.8, 4) is 0 Å². The molecule has 23 heavy (non-hydrogen) atoms. The topological polar surface area (TPSA) is 30.2 Å². The zero-order chi connectivity index (χ0) is 16.0. The maximum atomic E-state index is 13.4. The molecule has 0 atom stereocenters. The van der Waals surface area contributed by atoms with E-state index in [1.807, 2.05) is 17.5 Å². The summed E-state index contributed by atoms with van der Waals surface area (Å²) in [5, 5.41) is 4.77. The molecule has 5 heteroatoms. The van der Waals surface area contributed by atoms with Gasteiger partial charge in [-0.05, 0) is 37.8 Å². The average Bonchev–Trinajstić information content (AvgIpc) is 3.15. The Morgan fingerprint density at radius 2 is 2.00 bits per heavy atom. The molecule has 122 valence electrons. The van der Waals surface area contributed by atoms with E-state index in [0.717, 1.165) is 28.3 Å². The number of hydrogen-bond acceptors (Lipinski definition) is 2. The fourth-order valence-electron chi connectivity index (χ4n) is 3.79. The maximum absolute atomic E-state index is 13.4. The summed E-state index contributed by atoms with van der Waals surface area (Å²) in [7, 11) is 0. The van der Waals surface area contributed by atoms with Gasteiger partial charge >= 0.3 is 0 Å². The number of alkyl halides is 2. The zero-order valence-corrected chi connectivity index (χ0v) is 13.4. The van der Waals surface area contributed by atoms with Crippen molar-refractivity contribution in [2.75, 3.05) is 0 Å². The molecule has 0 N–H and O–H groups in total. The lowest BCUT2D eigenvalue weighted by atomic mass is 9.94. The quantitative estimate of drug-likeness (QED) is 0.789. The molecular formula is C18H21F2N3. The number of aryl methyl sites for hydroxylation is 1. The van der Waals surface area contributed by atoms with Crippen molar-refractivity contribution in [2.45, 2.75) is 63.7 Å². The highest BCUT2D eigenvalue weighted by molar-refractivity contribution is 5.66. The smallest absolute Gasteiger partial charge is 0.234 e. The van der Waals surface area contributed by atoms with Crippen LogP contribution in [0.15, 0.2) is 18.2 Å². The number of fused-ring (bicyclic) bond motifs is 1. The molecular weight excluding hydrogens is 296 g/mol. The monoisotopic (exact) mass is 317 g/mol. The number of nitrogens with zero attached hydrogens (tertiary/aromatic N) is 3. The number of halogens is 2. The molecule has 0 bridgehead atoms. The summed E-state index contributed by atoms with van der Waals surface area (Å²) in [6.07, 6.45) is 6.70. The fraction of sp³-hybridized carbons (Fsp3) is 0.556. The molecule has 0 aliphatic heterocycles. The van der Waals surface area contributed by atoms with Crippen LogP contribution in [0, 0.1) is 6.92 Å². The molecule has 0 spiro atoms. The summed E-state index contributed by atoms with van der Waals surface area (Å²) in [5.74, 6) is -2.04. The summed E-state index contributed by atoms with van der Waals surface area (Å²) >= 11 is 0. The summed E-state index contributed by atoms with van der Waals surface area (Å²) in [6.45, 7) is 1.95. The Morgan fingerprint density at radius 3 is 2.70 bits per heavy atom. The van der Waals surface area contributed by atoms with Crippen LogP contribution in [0.5, 0.6) is 0 Å². The standard InChI is InChI=1S/C18H21F2N3/c1-12-10-16(14-6-8-18(19,20)9-7-14)23-17(21-12)11-15(22-23)13-4-2-3-5-13/h6,10-11,13H,2-5,7-9H2,1H3. The van der Waals surface area contributed by atoms with E-state index in [0.29, 0.717) is 12.3 Å². The van der Waals surface area contributed by atoms with Gasteiger partial charge < -0.3 is 0 Å². The minimum absolute atomic E-state index is 0.0849. The van der Waals surface area contributed by atoms with E-state index in [-0.39, 0.29) is 12.8 Å². The summed E-state index contributed by atoms with van der Waals surface area (Å²) in [6, 6.07) is 4.04. The molecule has 0 unspecified atom stereocenters. The average molecular weight is 317 g/mol. The van der Waals surface area contributed by atoms with E-state index < -0.39 is 5.92 Å². The molecule has 2 heterocycles. The van der Waals surface area contributed by atoms with Crippen LogP contribution in [-0.4, -0.2) is 20.5 Å². The highest BCUT2D eigenvalue weighted by Gasteiger charge is 2.32. The van der Waals surface area contributed by atoms with E-state index in [4.69, 9.17) is 5.10 Å². The molecule has 0 amide bonds. The second-order valence-electron chi connectivity index (χ2n) is 6.89.